The van der Waals surface area contributed by atoms with Crippen LogP contribution in [-0.4, -0.2) is 24.4 Å². The van der Waals surface area contributed by atoms with Crippen LogP contribution in [-0.2, 0) is 9.59 Å². The van der Waals surface area contributed by atoms with Gasteiger partial charge in [-0.15, -0.1) is 0 Å². The summed E-state index contributed by atoms with van der Waals surface area (Å²) in [6.07, 6.45) is 6.09. The Hall–Kier alpha value is -2.79. The van der Waals surface area contributed by atoms with Crippen LogP contribution in [0.5, 0.6) is 5.75 Å². The molecule has 30 heavy (non-hydrogen) atoms. The molecule has 0 radical (unpaired) electrons. The minimum atomic E-state index is -0.347. The van der Waals surface area contributed by atoms with Gasteiger partial charge in [-0.1, -0.05) is 55.6 Å². The van der Waals surface area contributed by atoms with Crippen molar-refractivity contribution in [3.05, 3.63) is 64.9 Å². The monoisotopic (exact) mass is 424 g/mol. The number of fused-ring (bicyclic) bond motifs is 1. The van der Waals surface area contributed by atoms with E-state index in [0.717, 1.165) is 24.8 Å². The lowest BCUT2D eigenvalue weighted by molar-refractivity contribution is -0.124. The Kier molecular flexibility index (Phi) is 6.09. The fourth-order valence-corrected chi connectivity index (χ4v) is 4.29. The van der Waals surface area contributed by atoms with Crippen molar-refractivity contribution < 1.29 is 14.3 Å². The van der Waals surface area contributed by atoms with Crippen LogP contribution >= 0.6 is 11.6 Å². The second-order valence-corrected chi connectivity index (χ2v) is 8.40. The molecule has 2 atom stereocenters. The number of benzene rings is 2. The molecule has 1 heterocycles. The van der Waals surface area contributed by atoms with E-state index in [4.69, 9.17) is 16.3 Å². The Morgan fingerprint density at radius 2 is 2.00 bits per heavy atom. The molecule has 0 spiro atoms. The van der Waals surface area contributed by atoms with Gasteiger partial charge in [0.25, 0.3) is 5.91 Å². The van der Waals surface area contributed by atoms with E-state index in [1.54, 1.807) is 30.3 Å². The number of para-hydroxylation sites is 2. The molecule has 0 saturated heterocycles. The zero-order valence-electron chi connectivity index (χ0n) is 16.9. The highest BCUT2D eigenvalue weighted by molar-refractivity contribution is 6.30. The summed E-state index contributed by atoms with van der Waals surface area (Å²) >= 11 is 6.06. The van der Waals surface area contributed by atoms with Gasteiger partial charge in [-0.2, -0.15) is 0 Å². The summed E-state index contributed by atoms with van der Waals surface area (Å²) in [4.78, 5) is 27.5. The largest absolute Gasteiger partial charge is 0.449 e. The minimum absolute atomic E-state index is 0.0463. The molecular weight excluding hydrogens is 400 g/mol. The van der Waals surface area contributed by atoms with Gasteiger partial charge in [-0.25, -0.2) is 0 Å². The van der Waals surface area contributed by atoms with Crippen molar-refractivity contribution >= 4 is 35.2 Å². The number of nitrogens with one attached hydrogen (secondary N) is 1. The first-order valence-electron chi connectivity index (χ1n) is 10.4. The average Bonchev–Trinajstić information content (AvgIpc) is 2.73. The van der Waals surface area contributed by atoms with Gasteiger partial charge in [0.2, 0.25) is 5.91 Å². The molecule has 1 saturated carbocycles. The van der Waals surface area contributed by atoms with Gasteiger partial charge < -0.3 is 10.1 Å². The van der Waals surface area contributed by atoms with Gasteiger partial charge in [-0.05, 0) is 54.7 Å². The van der Waals surface area contributed by atoms with Gasteiger partial charge in [0, 0.05) is 11.1 Å². The first-order valence-corrected chi connectivity index (χ1v) is 10.7. The molecule has 1 aliphatic carbocycles. The number of rotatable bonds is 4. The van der Waals surface area contributed by atoms with E-state index in [9.17, 15) is 9.59 Å². The third-order valence-corrected chi connectivity index (χ3v) is 5.97. The van der Waals surface area contributed by atoms with Crippen LogP contribution in [0.25, 0.3) is 6.08 Å². The van der Waals surface area contributed by atoms with Crippen molar-refractivity contribution in [3.63, 3.8) is 0 Å². The van der Waals surface area contributed by atoms with E-state index >= 15 is 0 Å². The minimum Gasteiger partial charge on any atom is -0.449 e. The topological polar surface area (TPSA) is 58.6 Å². The highest BCUT2D eigenvalue weighted by atomic mass is 35.5. The van der Waals surface area contributed by atoms with E-state index in [-0.39, 0.29) is 30.2 Å². The molecule has 5 nitrogen and oxygen atoms in total. The molecule has 2 aromatic carbocycles. The summed E-state index contributed by atoms with van der Waals surface area (Å²) in [5.41, 5.74) is 1.35. The van der Waals surface area contributed by atoms with Crippen molar-refractivity contribution in [1.29, 1.82) is 0 Å². The number of halogens is 1. The Morgan fingerprint density at radius 3 is 2.80 bits per heavy atom. The summed E-state index contributed by atoms with van der Waals surface area (Å²) in [5, 5.41) is 3.70. The van der Waals surface area contributed by atoms with Crippen LogP contribution in [0.15, 0.2) is 54.3 Å². The zero-order chi connectivity index (χ0) is 21.1. The second-order valence-electron chi connectivity index (χ2n) is 7.96. The fraction of sp³-hybridized carbons (Fsp3) is 0.333. The van der Waals surface area contributed by atoms with Crippen molar-refractivity contribution in [2.45, 2.75) is 38.6 Å². The zero-order valence-corrected chi connectivity index (χ0v) is 17.7. The fourth-order valence-electron chi connectivity index (χ4n) is 4.09. The molecule has 2 unspecified atom stereocenters. The number of hydrogen-bond donors (Lipinski definition) is 1. The number of amides is 2. The van der Waals surface area contributed by atoms with Gasteiger partial charge in [0.05, 0.1) is 5.69 Å². The summed E-state index contributed by atoms with van der Waals surface area (Å²) in [5.74, 6) is 0.661. The molecule has 2 aliphatic rings. The van der Waals surface area contributed by atoms with Crippen molar-refractivity contribution in [1.82, 2.24) is 5.32 Å². The number of carbonyl (C=O) groups excluding carboxylic acids is 2. The third kappa shape index (κ3) is 4.51. The predicted octanol–water partition coefficient (Wildman–Crippen LogP) is 4.80. The lowest BCUT2D eigenvalue weighted by Crippen LogP contribution is -2.48. The van der Waals surface area contributed by atoms with E-state index in [2.05, 4.69) is 12.2 Å². The van der Waals surface area contributed by atoms with Crippen molar-refractivity contribution in [2.24, 2.45) is 5.92 Å². The molecule has 1 aliphatic heterocycles. The van der Waals surface area contributed by atoms with Crippen LogP contribution in [0.4, 0.5) is 5.69 Å². The Morgan fingerprint density at radius 1 is 1.20 bits per heavy atom. The number of ether oxygens (including phenoxy) is 1. The Bertz CT molecular complexity index is 988. The SMILES string of the molecule is CC1CCCCC1NC(=O)CN1C(=O)C(=Cc2cccc(Cl)c2)Oc2ccccc21. The molecule has 2 amide bonds. The first-order chi connectivity index (χ1) is 14.5. The van der Waals surface area contributed by atoms with Crippen LogP contribution in [0.3, 0.4) is 0 Å². The quantitative estimate of drug-likeness (QED) is 0.717. The normalized spacial score (nSPS) is 22.4. The molecule has 6 heteroatoms. The maximum Gasteiger partial charge on any atom is 0.294 e. The first kappa shape index (κ1) is 20.5. The molecule has 156 valence electrons. The lowest BCUT2D eigenvalue weighted by atomic mass is 9.86. The third-order valence-electron chi connectivity index (χ3n) is 5.74. The lowest BCUT2D eigenvalue weighted by Gasteiger charge is -2.32. The van der Waals surface area contributed by atoms with Gasteiger partial charge in [0.1, 0.15) is 6.54 Å². The summed E-state index contributed by atoms with van der Waals surface area (Å²) in [7, 11) is 0. The van der Waals surface area contributed by atoms with Crippen LogP contribution < -0.4 is 15.0 Å². The summed E-state index contributed by atoms with van der Waals surface area (Å²) in [6, 6.07) is 14.6. The van der Waals surface area contributed by atoms with E-state index in [0.29, 0.717) is 22.4 Å². The molecule has 0 bridgehead atoms. The van der Waals surface area contributed by atoms with E-state index < -0.39 is 0 Å². The molecule has 2 aromatic rings. The van der Waals surface area contributed by atoms with E-state index in [1.165, 1.54) is 11.3 Å². The number of nitrogens with zero attached hydrogens (tertiary/aromatic N) is 1. The molecular formula is C24H25ClN2O3. The number of carbonyl (C=O) groups is 2. The Balaban J connectivity index is 1.57. The molecule has 4 rings (SSSR count). The summed E-state index contributed by atoms with van der Waals surface area (Å²) < 4.78 is 5.86. The molecule has 1 N–H and O–H groups in total. The van der Waals surface area contributed by atoms with Crippen molar-refractivity contribution in [2.75, 3.05) is 11.4 Å². The van der Waals surface area contributed by atoms with Crippen molar-refractivity contribution in [3.8, 4) is 5.75 Å². The number of anilines is 1. The molecule has 1 fully saturated rings. The number of hydrogen-bond acceptors (Lipinski definition) is 3. The maximum atomic E-state index is 13.2. The highest BCUT2D eigenvalue weighted by Gasteiger charge is 2.32. The summed E-state index contributed by atoms with van der Waals surface area (Å²) in [6.45, 7) is 2.13. The van der Waals surface area contributed by atoms with Gasteiger partial charge in [0.15, 0.2) is 11.5 Å². The second kappa shape index (κ2) is 8.92. The van der Waals surface area contributed by atoms with Crippen LogP contribution in [0.1, 0.15) is 38.2 Å². The Labute approximate surface area is 181 Å². The van der Waals surface area contributed by atoms with Gasteiger partial charge in [-0.3, -0.25) is 14.5 Å². The van der Waals surface area contributed by atoms with Crippen LogP contribution in [0, 0.1) is 5.92 Å². The maximum absolute atomic E-state index is 13.2. The van der Waals surface area contributed by atoms with Crippen LogP contribution in [0.2, 0.25) is 5.02 Å². The van der Waals surface area contributed by atoms with Gasteiger partial charge >= 0.3 is 0 Å². The molecule has 0 aromatic heterocycles. The average molecular weight is 425 g/mol. The standard InChI is InChI=1S/C24H25ClN2O3/c1-16-7-2-3-10-19(16)26-23(28)15-27-20-11-4-5-12-21(20)30-22(24(27)29)14-17-8-6-9-18(25)13-17/h4-6,8-9,11-14,16,19H,2-3,7,10,15H2,1H3,(H,26,28). The van der Waals surface area contributed by atoms with E-state index in [1.807, 2.05) is 24.3 Å². The predicted molar refractivity (Wildman–Crippen MR) is 118 cm³/mol. The smallest absolute Gasteiger partial charge is 0.294 e. The highest BCUT2D eigenvalue weighted by Crippen LogP contribution is 2.35.